The highest BCUT2D eigenvalue weighted by Gasteiger charge is 2.22. The van der Waals surface area contributed by atoms with Gasteiger partial charge in [-0.2, -0.15) is 0 Å². The first kappa shape index (κ1) is 20.7. The predicted molar refractivity (Wildman–Crippen MR) is 122 cm³/mol. The van der Waals surface area contributed by atoms with Crippen LogP contribution in [0.2, 0.25) is 0 Å². The molecule has 2 aromatic carbocycles. The Morgan fingerprint density at radius 1 is 1.03 bits per heavy atom. The molecule has 166 valence electrons. The smallest absolute Gasteiger partial charge is 0.360 e. The van der Waals surface area contributed by atoms with E-state index in [0.717, 1.165) is 50.5 Å². The maximum Gasteiger partial charge on any atom is 0.360 e. The fraction of sp³-hybridized carbons (Fsp3) is 0.375. The monoisotopic (exact) mass is 434 g/mol. The minimum absolute atomic E-state index is 0.0449. The van der Waals surface area contributed by atoms with Gasteiger partial charge < -0.3 is 24.4 Å². The zero-order valence-electron chi connectivity index (χ0n) is 17.8. The Balaban J connectivity index is 1.37. The largest absolute Gasteiger partial charge is 0.458 e. The van der Waals surface area contributed by atoms with E-state index >= 15 is 0 Å². The van der Waals surface area contributed by atoms with Crippen LogP contribution in [0.4, 0.5) is 17.2 Å². The van der Waals surface area contributed by atoms with Gasteiger partial charge in [-0.25, -0.2) is 14.8 Å². The molecule has 5 rings (SSSR count). The molecular formula is C24H26N4O4. The minimum Gasteiger partial charge on any atom is -0.458 e. The minimum atomic E-state index is -0.508. The Labute approximate surface area is 186 Å². The van der Waals surface area contributed by atoms with Crippen molar-refractivity contribution in [1.29, 1.82) is 0 Å². The lowest BCUT2D eigenvalue weighted by Gasteiger charge is -2.28. The van der Waals surface area contributed by atoms with Crippen LogP contribution in [0, 0.1) is 0 Å². The molecule has 2 saturated heterocycles. The van der Waals surface area contributed by atoms with Gasteiger partial charge in [0.15, 0.2) is 11.5 Å². The predicted octanol–water partition coefficient (Wildman–Crippen LogP) is 3.55. The highest BCUT2D eigenvalue weighted by molar-refractivity contribution is 5.96. The molecule has 0 spiro atoms. The molecule has 0 radical (unpaired) electrons. The zero-order valence-corrected chi connectivity index (χ0v) is 17.8. The molecule has 3 heterocycles. The lowest BCUT2D eigenvalue weighted by atomic mass is 10.2. The number of para-hydroxylation sites is 2. The van der Waals surface area contributed by atoms with Crippen LogP contribution in [0.25, 0.3) is 11.0 Å². The summed E-state index contributed by atoms with van der Waals surface area (Å²) in [6.07, 6.45) is 1.85. The van der Waals surface area contributed by atoms with E-state index in [0.29, 0.717) is 23.5 Å². The molecule has 0 bridgehead atoms. The van der Waals surface area contributed by atoms with E-state index in [4.69, 9.17) is 14.2 Å². The van der Waals surface area contributed by atoms with Crippen LogP contribution in [0.15, 0.2) is 48.5 Å². The summed E-state index contributed by atoms with van der Waals surface area (Å²) in [6, 6.07) is 15.5. The van der Waals surface area contributed by atoms with Gasteiger partial charge in [-0.05, 0) is 49.2 Å². The number of rotatable bonds is 6. The number of fused-ring (bicyclic) bond motifs is 1. The fourth-order valence-corrected chi connectivity index (χ4v) is 3.96. The summed E-state index contributed by atoms with van der Waals surface area (Å²) in [5.41, 5.74) is 3.47. The Hall–Kier alpha value is -3.23. The SMILES string of the molecule is O=C(OC[C@H]1CCCO1)c1nc2ccccc2nc1Nc1ccc(N2CCOCC2)cc1. The molecule has 1 N–H and O–H groups in total. The average Bonchev–Trinajstić information content (AvgIpc) is 3.37. The topological polar surface area (TPSA) is 85.8 Å². The standard InChI is InChI=1S/C24H26N4O4/c29-24(32-16-19-4-3-13-31-19)22-23(27-21-6-2-1-5-20(21)26-22)25-17-7-9-18(10-8-17)28-11-14-30-15-12-28/h1-2,5-10,19H,3-4,11-16H2,(H,25,27)/t19-/m1/s1. The first-order valence-corrected chi connectivity index (χ1v) is 11.0. The van der Waals surface area contributed by atoms with Crippen LogP contribution in [0.5, 0.6) is 0 Å². The number of carbonyl (C=O) groups is 1. The number of hydrogen-bond donors (Lipinski definition) is 1. The summed E-state index contributed by atoms with van der Waals surface area (Å²) < 4.78 is 16.5. The molecule has 2 fully saturated rings. The summed E-state index contributed by atoms with van der Waals surface area (Å²) in [6.45, 7) is 4.17. The van der Waals surface area contributed by atoms with Crippen molar-refractivity contribution in [2.24, 2.45) is 0 Å². The van der Waals surface area contributed by atoms with Gasteiger partial charge in [0.05, 0.1) is 30.4 Å². The molecule has 32 heavy (non-hydrogen) atoms. The molecule has 1 atom stereocenters. The van der Waals surface area contributed by atoms with Crippen molar-refractivity contribution in [3.63, 3.8) is 0 Å². The summed E-state index contributed by atoms with van der Waals surface area (Å²) in [5, 5.41) is 3.25. The van der Waals surface area contributed by atoms with Crippen LogP contribution < -0.4 is 10.2 Å². The van der Waals surface area contributed by atoms with Gasteiger partial charge in [-0.3, -0.25) is 0 Å². The number of anilines is 3. The number of hydrogen-bond acceptors (Lipinski definition) is 8. The summed E-state index contributed by atoms with van der Waals surface area (Å²) in [7, 11) is 0. The van der Waals surface area contributed by atoms with E-state index in [9.17, 15) is 4.79 Å². The molecular weight excluding hydrogens is 408 g/mol. The van der Waals surface area contributed by atoms with Crippen molar-refractivity contribution >= 4 is 34.2 Å². The maximum atomic E-state index is 12.9. The average molecular weight is 434 g/mol. The Kier molecular flexibility index (Phi) is 6.13. The number of aromatic nitrogens is 2. The van der Waals surface area contributed by atoms with Gasteiger partial charge in [-0.15, -0.1) is 0 Å². The van der Waals surface area contributed by atoms with Crippen molar-refractivity contribution in [3.8, 4) is 0 Å². The first-order valence-electron chi connectivity index (χ1n) is 11.0. The van der Waals surface area contributed by atoms with Gasteiger partial charge in [0.1, 0.15) is 6.61 Å². The third-order valence-corrected chi connectivity index (χ3v) is 5.69. The second-order valence-electron chi connectivity index (χ2n) is 7.91. The maximum absolute atomic E-state index is 12.9. The summed E-state index contributed by atoms with van der Waals surface area (Å²) in [5.74, 6) is -0.133. The van der Waals surface area contributed by atoms with Crippen molar-refractivity contribution in [2.75, 3.05) is 49.7 Å². The highest BCUT2D eigenvalue weighted by Crippen LogP contribution is 2.25. The highest BCUT2D eigenvalue weighted by atomic mass is 16.6. The molecule has 0 aliphatic carbocycles. The van der Waals surface area contributed by atoms with Crippen LogP contribution in [-0.4, -0.2) is 61.6 Å². The Morgan fingerprint density at radius 2 is 1.78 bits per heavy atom. The summed E-state index contributed by atoms with van der Waals surface area (Å²) >= 11 is 0. The van der Waals surface area contributed by atoms with Gasteiger partial charge in [0.25, 0.3) is 0 Å². The molecule has 1 aromatic heterocycles. The van der Waals surface area contributed by atoms with E-state index in [-0.39, 0.29) is 18.4 Å². The van der Waals surface area contributed by atoms with Crippen LogP contribution in [0.3, 0.4) is 0 Å². The van der Waals surface area contributed by atoms with Gasteiger partial charge in [0.2, 0.25) is 0 Å². The molecule has 2 aliphatic rings. The molecule has 0 saturated carbocycles. The van der Waals surface area contributed by atoms with E-state index in [1.165, 1.54) is 0 Å². The van der Waals surface area contributed by atoms with E-state index in [1.54, 1.807) is 0 Å². The molecule has 8 heteroatoms. The van der Waals surface area contributed by atoms with Crippen LogP contribution >= 0.6 is 0 Å². The summed E-state index contributed by atoms with van der Waals surface area (Å²) in [4.78, 5) is 24.4. The van der Waals surface area contributed by atoms with Crippen molar-refractivity contribution in [3.05, 3.63) is 54.2 Å². The zero-order chi connectivity index (χ0) is 21.8. The number of carbonyl (C=O) groups excluding carboxylic acids is 1. The van der Waals surface area contributed by atoms with Crippen LogP contribution in [0.1, 0.15) is 23.3 Å². The van der Waals surface area contributed by atoms with E-state index < -0.39 is 5.97 Å². The lowest BCUT2D eigenvalue weighted by Crippen LogP contribution is -2.36. The number of nitrogens with one attached hydrogen (secondary N) is 1. The quantitative estimate of drug-likeness (QED) is 0.590. The number of esters is 1. The van der Waals surface area contributed by atoms with Gasteiger partial charge >= 0.3 is 5.97 Å². The third kappa shape index (κ3) is 4.66. The number of ether oxygens (including phenoxy) is 3. The van der Waals surface area contributed by atoms with Crippen LogP contribution in [-0.2, 0) is 14.2 Å². The number of morpholine rings is 1. The van der Waals surface area contributed by atoms with E-state index in [1.807, 2.05) is 36.4 Å². The Morgan fingerprint density at radius 3 is 2.50 bits per heavy atom. The van der Waals surface area contributed by atoms with Crippen molar-refractivity contribution < 1.29 is 19.0 Å². The lowest BCUT2D eigenvalue weighted by molar-refractivity contribution is 0.0157. The molecule has 2 aliphatic heterocycles. The Bertz CT molecular complexity index is 1080. The van der Waals surface area contributed by atoms with Gasteiger partial charge in [0, 0.05) is 31.1 Å². The van der Waals surface area contributed by atoms with Crippen molar-refractivity contribution in [1.82, 2.24) is 9.97 Å². The van der Waals surface area contributed by atoms with Gasteiger partial charge in [-0.1, -0.05) is 12.1 Å². The molecule has 3 aromatic rings. The second kappa shape index (κ2) is 9.50. The molecule has 8 nitrogen and oxygen atoms in total. The molecule has 0 amide bonds. The van der Waals surface area contributed by atoms with Crippen molar-refractivity contribution in [2.45, 2.75) is 18.9 Å². The normalized spacial score (nSPS) is 18.6. The first-order chi connectivity index (χ1) is 15.8. The molecule has 0 unspecified atom stereocenters. The number of benzene rings is 2. The third-order valence-electron chi connectivity index (χ3n) is 5.69. The van der Waals surface area contributed by atoms with E-state index in [2.05, 4.69) is 32.3 Å². The number of nitrogens with zero attached hydrogens (tertiary/aromatic N) is 3. The fourth-order valence-electron chi connectivity index (χ4n) is 3.96. The second-order valence-corrected chi connectivity index (χ2v) is 7.91.